The van der Waals surface area contributed by atoms with E-state index in [0.29, 0.717) is 26.2 Å². The van der Waals surface area contributed by atoms with Gasteiger partial charge in [0.2, 0.25) is 0 Å². The molecule has 0 atom stereocenters. The maximum atomic E-state index is 11.0. The molecule has 4 N–H and O–H groups in total. The second-order valence-electron chi connectivity index (χ2n) is 8.29. The van der Waals surface area contributed by atoms with E-state index < -0.39 is 15.2 Å². The molecule has 0 aliphatic rings. The van der Waals surface area contributed by atoms with Gasteiger partial charge >= 0.3 is 15.2 Å². The maximum Gasteiger partial charge on any atom is 0.326 e. The predicted molar refractivity (Wildman–Crippen MR) is 105 cm³/mol. The van der Waals surface area contributed by atoms with Crippen LogP contribution in [0.3, 0.4) is 0 Å². The fraction of sp³-hybridized carbons (Fsp3) is 1.00. The Morgan fingerprint density at radius 3 is 1.67 bits per heavy atom. The number of ether oxygens (including phenoxy) is 2. The van der Waals surface area contributed by atoms with Crippen molar-refractivity contribution in [2.45, 2.75) is 58.7 Å². The van der Waals surface area contributed by atoms with E-state index in [0.717, 1.165) is 6.42 Å². The molecule has 0 amide bonds. The minimum atomic E-state index is -4.16. The SMILES string of the molecule is CC(C)(C)OCCC(C)(C)OCCCN(CCP(=O)(O)O)CCP(=O)(O)O. The zero-order valence-electron chi connectivity index (χ0n) is 17.1. The molecule has 0 unspecified atom stereocenters. The highest BCUT2D eigenvalue weighted by atomic mass is 31.2. The van der Waals surface area contributed by atoms with Crippen molar-refractivity contribution in [3.05, 3.63) is 0 Å². The standard InChI is InChI=1S/C16H37NO8P2/c1-15(2,3)24-12-7-16(4,5)25-11-6-8-17(9-13-26(18,19)20)10-14-27(21,22)23/h6-14H2,1-5H3,(H2,18,19,20)(H2,21,22,23). The van der Waals surface area contributed by atoms with Gasteiger partial charge in [0, 0.05) is 32.8 Å². The third-order valence-corrected chi connectivity index (χ3v) is 5.33. The van der Waals surface area contributed by atoms with Gasteiger partial charge in [-0.25, -0.2) is 0 Å². The molecule has 0 heterocycles. The second kappa shape index (κ2) is 11.4. The Kier molecular flexibility index (Phi) is 11.5. The van der Waals surface area contributed by atoms with Crippen LogP contribution in [-0.4, -0.2) is 80.8 Å². The molecule has 11 heteroatoms. The monoisotopic (exact) mass is 433 g/mol. The van der Waals surface area contributed by atoms with Crippen LogP contribution < -0.4 is 0 Å². The Morgan fingerprint density at radius 2 is 1.26 bits per heavy atom. The van der Waals surface area contributed by atoms with Crippen molar-refractivity contribution < 1.29 is 38.2 Å². The molecular formula is C16H37NO8P2. The van der Waals surface area contributed by atoms with E-state index in [1.165, 1.54) is 0 Å². The first-order chi connectivity index (χ1) is 12.0. The first kappa shape index (κ1) is 27.2. The van der Waals surface area contributed by atoms with E-state index in [1.807, 2.05) is 34.6 Å². The fourth-order valence-electron chi connectivity index (χ4n) is 2.19. The Hall–Kier alpha value is 0.180. The van der Waals surface area contributed by atoms with Crippen molar-refractivity contribution in [3.63, 3.8) is 0 Å². The molecule has 0 bridgehead atoms. The number of hydrogen-bond donors (Lipinski definition) is 4. The lowest BCUT2D eigenvalue weighted by Crippen LogP contribution is -2.33. The van der Waals surface area contributed by atoms with Crippen LogP contribution in [-0.2, 0) is 18.6 Å². The third-order valence-electron chi connectivity index (χ3n) is 3.77. The van der Waals surface area contributed by atoms with E-state index in [-0.39, 0.29) is 36.6 Å². The zero-order chi connectivity index (χ0) is 21.4. The summed E-state index contributed by atoms with van der Waals surface area (Å²) in [5.74, 6) is 0. The molecule has 0 spiro atoms. The van der Waals surface area contributed by atoms with Crippen molar-refractivity contribution >= 4 is 15.2 Å². The smallest absolute Gasteiger partial charge is 0.326 e. The van der Waals surface area contributed by atoms with Gasteiger partial charge in [0.05, 0.1) is 23.5 Å². The van der Waals surface area contributed by atoms with Gasteiger partial charge in [0.25, 0.3) is 0 Å². The Labute approximate surface area is 162 Å². The van der Waals surface area contributed by atoms with Crippen molar-refractivity contribution in [3.8, 4) is 0 Å². The summed E-state index contributed by atoms with van der Waals surface area (Å²) >= 11 is 0. The predicted octanol–water partition coefficient (Wildman–Crippen LogP) is 2.03. The molecule has 0 radical (unpaired) electrons. The summed E-state index contributed by atoms with van der Waals surface area (Å²) < 4.78 is 33.7. The van der Waals surface area contributed by atoms with Gasteiger partial charge in [-0.2, -0.15) is 0 Å². The van der Waals surface area contributed by atoms with E-state index in [2.05, 4.69) is 0 Å². The van der Waals surface area contributed by atoms with Crippen LogP contribution in [0.1, 0.15) is 47.5 Å². The number of nitrogens with zero attached hydrogens (tertiary/aromatic N) is 1. The van der Waals surface area contributed by atoms with Crippen LogP contribution in [0.5, 0.6) is 0 Å². The third kappa shape index (κ3) is 19.3. The average molecular weight is 433 g/mol. The minimum absolute atomic E-state index is 0.0765. The molecule has 27 heavy (non-hydrogen) atoms. The summed E-state index contributed by atoms with van der Waals surface area (Å²) in [7, 11) is -8.31. The van der Waals surface area contributed by atoms with Crippen LogP contribution in [0, 0.1) is 0 Å². The van der Waals surface area contributed by atoms with E-state index >= 15 is 0 Å². The maximum absolute atomic E-state index is 11.0. The lowest BCUT2D eigenvalue weighted by Gasteiger charge is -2.28. The largest absolute Gasteiger partial charge is 0.376 e. The van der Waals surface area contributed by atoms with Crippen LogP contribution >= 0.6 is 15.2 Å². The molecule has 0 rings (SSSR count). The molecule has 164 valence electrons. The minimum Gasteiger partial charge on any atom is -0.376 e. The molecule has 0 saturated carbocycles. The van der Waals surface area contributed by atoms with Crippen molar-refractivity contribution in [1.82, 2.24) is 4.90 Å². The first-order valence-corrected chi connectivity index (χ1v) is 12.7. The van der Waals surface area contributed by atoms with Crippen LogP contribution in [0.2, 0.25) is 0 Å². The number of hydrogen-bond acceptors (Lipinski definition) is 5. The lowest BCUT2D eigenvalue weighted by atomic mass is 10.1. The van der Waals surface area contributed by atoms with Gasteiger partial charge in [-0.05, 0) is 47.5 Å². The molecule has 0 saturated heterocycles. The molecule has 0 aromatic carbocycles. The topological polar surface area (TPSA) is 137 Å². The summed E-state index contributed by atoms with van der Waals surface area (Å²) in [6.07, 6.45) is 0.631. The van der Waals surface area contributed by atoms with E-state index in [1.54, 1.807) is 4.90 Å². The van der Waals surface area contributed by atoms with Gasteiger partial charge in [0.1, 0.15) is 0 Å². The Bertz CT molecular complexity index is 483. The Balaban J connectivity index is 4.32. The van der Waals surface area contributed by atoms with Crippen LogP contribution in [0.15, 0.2) is 0 Å². The van der Waals surface area contributed by atoms with Gasteiger partial charge in [-0.3, -0.25) is 9.13 Å². The Morgan fingerprint density at radius 1 is 0.778 bits per heavy atom. The lowest BCUT2D eigenvalue weighted by molar-refractivity contribution is -0.0677. The summed E-state index contributed by atoms with van der Waals surface area (Å²) in [4.78, 5) is 37.7. The highest BCUT2D eigenvalue weighted by Gasteiger charge is 2.22. The fourth-order valence-corrected chi connectivity index (χ4v) is 3.28. The van der Waals surface area contributed by atoms with Crippen molar-refractivity contribution in [1.29, 1.82) is 0 Å². The van der Waals surface area contributed by atoms with Crippen LogP contribution in [0.4, 0.5) is 0 Å². The number of rotatable bonds is 14. The normalized spacial score (nSPS) is 14.1. The van der Waals surface area contributed by atoms with Crippen molar-refractivity contribution in [2.75, 3.05) is 45.2 Å². The summed E-state index contributed by atoms with van der Waals surface area (Å²) in [6.45, 7) is 11.5. The molecule has 0 aliphatic heterocycles. The molecule has 0 aliphatic carbocycles. The van der Waals surface area contributed by atoms with Crippen LogP contribution in [0.25, 0.3) is 0 Å². The molecule has 0 aromatic rings. The zero-order valence-corrected chi connectivity index (χ0v) is 18.9. The van der Waals surface area contributed by atoms with E-state index in [4.69, 9.17) is 29.0 Å². The van der Waals surface area contributed by atoms with E-state index in [9.17, 15) is 9.13 Å². The second-order valence-corrected chi connectivity index (χ2v) is 11.8. The summed E-state index contributed by atoms with van der Waals surface area (Å²) in [5.41, 5.74) is -0.567. The summed E-state index contributed by atoms with van der Waals surface area (Å²) in [5, 5.41) is 0. The summed E-state index contributed by atoms with van der Waals surface area (Å²) in [6, 6.07) is 0. The molecule has 0 aromatic heterocycles. The molecule has 9 nitrogen and oxygen atoms in total. The quantitative estimate of drug-likeness (QED) is 0.240. The van der Waals surface area contributed by atoms with Gasteiger partial charge in [-0.1, -0.05) is 0 Å². The van der Waals surface area contributed by atoms with Gasteiger partial charge in [0.15, 0.2) is 0 Å². The highest BCUT2D eigenvalue weighted by Crippen LogP contribution is 2.35. The van der Waals surface area contributed by atoms with Crippen molar-refractivity contribution in [2.24, 2.45) is 0 Å². The molecule has 0 fully saturated rings. The average Bonchev–Trinajstić information content (AvgIpc) is 2.41. The highest BCUT2D eigenvalue weighted by molar-refractivity contribution is 7.52. The van der Waals surface area contributed by atoms with Gasteiger partial charge in [-0.15, -0.1) is 0 Å². The van der Waals surface area contributed by atoms with Gasteiger partial charge < -0.3 is 33.9 Å². The first-order valence-electron chi connectivity index (χ1n) is 9.09. The molecular weight excluding hydrogens is 396 g/mol.